The van der Waals surface area contributed by atoms with E-state index in [0.717, 1.165) is 36.0 Å². The normalized spacial score (nSPS) is 10.5. The second kappa shape index (κ2) is 7.95. The zero-order valence-electron chi connectivity index (χ0n) is 12.1. The molecule has 0 aliphatic carbocycles. The summed E-state index contributed by atoms with van der Waals surface area (Å²) < 4.78 is 5.88. The van der Waals surface area contributed by atoms with Gasteiger partial charge in [0.1, 0.15) is 5.75 Å². The predicted molar refractivity (Wildman–Crippen MR) is 86.7 cm³/mol. The van der Waals surface area contributed by atoms with Crippen LogP contribution in [-0.4, -0.2) is 23.1 Å². The van der Waals surface area contributed by atoms with Crippen molar-refractivity contribution < 1.29 is 4.74 Å². The van der Waals surface area contributed by atoms with Gasteiger partial charge in [-0.1, -0.05) is 24.3 Å². The lowest BCUT2D eigenvalue weighted by molar-refractivity contribution is 0.339. The number of ether oxygens (including phenoxy) is 1. The van der Waals surface area contributed by atoms with Gasteiger partial charge in [-0.2, -0.15) is 11.8 Å². The number of para-hydroxylation sites is 1. The third-order valence-corrected chi connectivity index (χ3v) is 4.06. The van der Waals surface area contributed by atoms with Crippen LogP contribution in [-0.2, 0) is 6.42 Å². The van der Waals surface area contributed by atoms with E-state index in [0.29, 0.717) is 0 Å². The number of benzene rings is 1. The van der Waals surface area contributed by atoms with Crippen LogP contribution in [0.15, 0.2) is 42.6 Å². The van der Waals surface area contributed by atoms with Crippen molar-refractivity contribution in [2.75, 3.05) is 18.1 Å². The molecule has 0 saturated carbocycles. The summed E-state index contributed by atoms with van der Waals surface area (Å²) in [6.45, 7) is 4.95. The lowest BCUT2D eigenvalue weighted by Gasteiger charge is -2.11. The first-order valence-corrected chi connectivity index (χ1v) is 8.09. The molecule has 0 aliphatic rings. The maximum Gasteiger partial charge on any atom is 0.125 e. The first kappa shape index (κ1) is 14.9. The van der Waals surface area contributed by atoms with Crippen LogP contribution in [0.3, 0.4) is 0 Å². The van der Waals surface area contributed by atoms with Gasteiger partial charge in [0.15, 0.2) is 0 Å². The Labute approximate surface area is 125 Å². The van der Waals surface area contributed by atoms with Gasteiger partial charge in [-0.15, -0.1) is 0 Å². The number of rotatable bonds is 7. The van der Waals surface area contributed by atoms with Gasteiger partial charge in [0.05, 0.1) is 6.61 Å². The summed E-state index contributed by atoms with van der Waals surface area (Å²) in [6, 6.07) is 12.3. The highest BCUT2D eigenvalue weighted by molar-refractivity contribution is 7.99. The first-order valence-electron chi connectivity index (χ1n) is 6.94. The fraction of sp³-hybridized carbons (Fsp3) is 0.353. The molecule has 106 valence electrons. The van der Waals surface area contributed by atoms with E-state index in [1.54, 1.807) is 0 Å². The minimum atomic E-state index is 0.762. The van der Waals surface area contributed by atoms with Crippen molar-refractivity contribution in [1.82, 2.24) is 4.98 Å². The summed E-state index contributed by atoms with van der Waals surface area (Å²) in [5, 5.41) is 0. The van der Waals surface area contributed by atoms with E-state index in [1.807, 2.05) is 30.1 Å². The highest BCUT2D eigenvalue weighted by atomic mass is 32.2. The van der Waals surface area contributed by atoms with Gasteiger partial charge < -0.3 is 4.74 Å². The summed E-state index contributed by atoms with van der Waals surface area (Å²) in [5.74, 6) is 3.14. The smallest absolute Gasteiger partial charge is 0.125 e. The third kappa shape index (κ3) is 4.57. The quantitative estimate of drug-likeness (QED) is 0.717. The molecular weight excluding hydrogens is 266 g/mol. The minimum Gasteiger partial charge on any atom is -0.492 e. The summed E-state index contributed by atoms with van der Waals surface area (Å²) in [6.07, 6.45) is 2.87. The van der Waals surface area contributed by atoms with E-state index >= 15 is 0 Å². The molecule has 3 heteroatoms. The molecule has 1 heterocycles. The number of nitrogens with zero attached hydrogens (tertiary/aromatic N) is 1. The largest absolute Gasteiger partial charge is 0.492 e. The van der Waals surface area contributed by atoms with Gasteiger partial charge in [-0.25, -0.2) is 0 Å². The summed E-state index contributed by atoms with van der Waals surface area (Å²) in [7, 11) is 0. The Balaban J connectivity index is 1.65. The molecule has 2 aromatic rings. The van der Waals surface area contributed by atoms with Crippen LogP contribution in [0.2, 0.25) is 0 Å². The van der Waals surface area contributed by atoms with E-state index in [2.05, 4.69) is 43.1 Å². The van der Waals surface area contributed by atoms with Crippen molar-refractivity contribution in [2.45, 2.75) is 20.3 Å². The molecule has 20 heavy (non-hydrogen) atoms. The Morgan fingerprint density at radius 3 is 2.50 bits per heavy atom. The maximum atomic E-state index is 5.88. The Kier molecular flexibility index (Phi) is 5.93. The fourth-order valence-electron chi connectivity index (χ4n) is 2.05. The average Bonchev–Trinajstić information content (AvgIpc) is 2.46. The van der Waals surface area contributed by atoms with Crippen molar-refractivity contribution in [3.63, 3.8) is 0 Å². The Morgan fingerprint density at radius 1 is 1.00 bits per heavy atom. The van der Waals surface area contributed by atoms with Crippen molar-refractivity contribution in [2.24, 2.45) is 0 Å². The number of aromatic nitrogens is 1. The number of aryl methyl sites for hydroxylation is 3. The molecule has 0 bridgehead atoms. The Morgan fingerprint density at radius 2 is 1.80 bits per heavy atom. The van der Waals surface area contributed by atoms with Crippen molar-refractivity contribution in [3.8, 4) is 5.75 Å². The lowest BCUT2D eigenvalue weighted by Crippen LogP contribution is -2.04. The van der Waals surface area contributed by atoms with Gasteiger partial charge in [0.25, 0.3) is 0 Å². The molecule has 0 saturated heterocycles. The molecule has 0 aliphatic heterocycles. The highest BCUT2D eigenvalue weighted by Crippen LogP contribution is 2.22. The zero-order chi connectivity index (χ0) is 14.2. The topological polar surface area (TPSA) is 22.1 Å². The molecule has 1 aromatic carbocycles. The third-order valence-electron chi connectivity index (χ3n) is 3.11. The molecule has 0 atom stereocenters. The van der Waals surface area contributed by atoms with Crippen LogP contribution in [0, 0.1) is 13.8 Å². The first-order chi connectivity index (χ1) is 9.77. The van der Waals surface area contributed by atoms with Crippen LogP contribution in [0.4, 0.5) is 0 Å². The van der Waals surface area contributed by atoms with E-state index in [9.17, 15) is 0 Å². The average molecular weight is 287 g/mol. The van der Waals surface area contributed by atoms with E-state index in [-0.39, 0.29) is 0 Å². The second-order valence-corrected chi connectivity index (χ2v) is 5.98. The van der Waals surface area contributed by atoms with Crippen LogP contribution < -0.4 is 4.74 Å². The monoisotopic (exact) mass is 287 g/mol. The van der Waals surface area contributed by atoms with Gasteiger partial charge in [0.2, 0.25) is 0 Å². The number of hydrogen-bond acceptors (Lipinski definition) is 3. The highest BCUT2D eigenvalue weighted by Gasteiger charge is 2.02. The number of hydrogen-bond donors (Lipinski definition) is 0. The fourth-order valence-corrected chi connectivity index (χ4v) is 2.81. The lowest BCUT2D eigenvalue weighted by atomic mass is 10.1. The molecule has 0 fully saturated rings. The standard InChI is InChI=1S/C17H21NOS/c1-14-6-5-7-15(2)17(14)19-11-13-20-12-9-16-8-3-4-10-18-16/h3-8,10H,9,11-13H2,1-2H3. The van der Waals surface area contributed by atoms with Gasteiger partial charge in [-0.05, 0) is 49.3 Å². The molecule has 0 N–H and O–H groups in total. The molecular formula is C17H21NOS. The van der Waals surface area contributed by atoms with Crippen molar-refractivity contribution in [3.05, 3.63) is 59.4 Å². The molecule has 0 radical (unpaired) electrons. The summed E-state index contributed by atoms with van der Waals surface area (Å²) in [4.78, 5) is 4.32. The minimum absolute atomic E-state index is 0.762. The maximum absolute atomic E-state index is 5.88. The van der Waals surface area contributed by atoms with Crippen LogP contribution >= 0.6 is 11.8 Å². The van der Waals surface area contributed by atoms with E-state index in [1.165, 1.54) is 11.1 Å². The number of pyridine rings is 1. The Hall–Kier alpha value is -1.48. The van der Waals surface area contributed by atoms with Gasteiger partial charge in [-0.3, -0.25) is 4.98 Å². The SMILES string of the molecule is Cc1cccc(C)c1OCCSCCc1ccccn1. The molecule has 0 spiro atoms. The number of thioether (sulfide) groups is 1. The Bertz CT molecular complexity index is 508. The van der Waals surface area contributed by atoms with Gasteiger partial charge >= 0.3 is 0 Å². The summed E-state index contributed by atoms with van der Waals surface area (Å²) >= 11 is 1.91. The zero-order valence-corrected chi connectivity index (χ0v) is 13.0. The summed E-state index contributed by atoms with van der Waals surface area (Å²) in [5.41, 5.74) is 3.59. The second-order valence-electron chi connectivity index (χ2n) is 4.75. The predicted octanol–water partition coefficient (Wildman–Crippen LogP) is 4.05. The van der Waals surface area contributed by atoms with Crippen LogP contribution in [0.25, 0.3) is 0 Å². The van der Waals surface area contributed by atoms with Gasteiger partial charge in [0, 0.05) is 17.6 Å². The van der Waals surface area contributed by atoms with Crippen molar-refractivity contribution >= 4 is 11.8 Å². The van der Waals surface area contributed by atoms with Crippen molar-refractivity contribution in [1.29, 1.82) is 0 Å². The van der Waals surface area contributed by atoms with E-state index < -0.39 is 0 Å². The molecule has 1 aromatic heterocycles. The van der Waals surface area contributed by atoms with E-state index in [4.69, 9.17) is 4.74 Å². The molecule has 2 nitrogen and oxygen atoms in total. The van der Waals surface area contributed by atoms with Crippen LogP contribution in [0.5, 0.6) is 5.75 Å². The molecule has 2 rings (SSSR count). The molecule has 0 unspecified atom stereocenters. The molecule has 0 amide bonds. The van der Waals surface area contributed by atoms with Crippen LogP contribution in [0.1, 0.15) is 16.8 Å².